The van der Waals surface area contributed by atoms with Crippen molar-refractivity contribution in [3.63, 3.8) is 0 Å². The van der Waals surface area contributed by atoms with Crippen LogP contribution in [0, 0.1) is 5.92 Å². The second-order valence-electron chi connectivity index (χ2n) is 12.4. The van der Waals surface area contributed by atoms with Crippen molar-refractivity contribution in [2.75, 3.05) is 49.3 Å². The van der Waals surface area contributed by atoms with Crippen LogP contribution in [-0.4, -0.2) is 78.7 Å². The van der Waals surface area contributed by atoms with Gasteiger partial charge in [0.05, 0.1) is 18.6 Å². The third kappa shape index (κ3) is 12.9. The molecule has 2 amide bonds. The molecule has 0 saturated carbocycles. The number of hydrogen-bond acceptors (Lipinski definition) is 5. The molecule has 0 radical (unpaired) electrons. The Hall–Kier alpha value is -2.52. The van der Waals surface area contributed by atoms with E-state index in [2.05, 4.69) is 25.3 Å². The van der Waals surface area contributed by atoms with Gasteiger partial charge in [0.2, 0.25) is 11.8 Å². The van der Waals surface area contributed by atoms with Gasteiger partial charge in [-0.2, -0.15) is 0 Å². The highest BCUT2D eigenvalue weighted by atomic mass is 35.5. The second-order valence-corrected chi connectivity index (χ2v) is 17.9. The van der Waals surface area contributed by atoms with Crippen molar-refractivity contribution in [1.29, 1.82) is 0 Å². The number of benzene rings is 2. The molecule has 1 fully saturated rings. The minimum atomic E-state index is -0.741. The standard InChI is InChI=1S/C27H41ClN2O5S.C6H5Cl/c1-19(2)25-22(12-13-23(31)29(25)17-24(32)35-27(3,4)5)26(33)30(18-34-14-15-36(6,7)8)21-11-9-10-20(28)16-21;7-6-4-2-1-3-5-6/h9-11,16,22,25H,1,12-15,17-18H2,2-8H3;1-5H. The van der Waals surface area contributed by atoms with Crippen LogP contribution in [0.2, 0.25) is 10.0 Å². The summed E-state index contributed by atoms with van der Waals surface area (Å²) in [6, 6.07) is 15.9. The van der Waals surface area contributed by atoms with Crippen LogP contribution < -0.4 is 4.90 Å². The Morgan fingerprint density at radius 2 is 1.67 bits per heavy atom. The van der Waals surface area contributed by atoms with Crippen molar-refractivity contribution in [2.45, 2.75) is 52.2 Å². The smallest absolute Gasteiger partial charge is 0.326 e. The molecule has 0 aromatic heterocycles. The zero-order valence-corrected chi connectivity index (χ0v) is 28.7. The van der Waals surface area contributed by atoms with Crippen LogP contribution in [0.15, 0.2) is 66.7 Å². The van der Waals surface area contributed by atoms with Gasteiger partial charge in [0.1, 0.15) is 18.9 Å². The number of esters is 1. The van der Waals surface area contributed by atoms with E-state index in [-0.39, 0.29) is 31.5 Å². The summed E-state index contributed by atoms with van der Waals surface area (Å²) in [4.78, 5) is 42.5. The molecular formula is C33H46Cl2N2O5S. The number of likely N-dealkylation sites (tertiary alicyclic amines) is 1. The number of ether oxygens (including phenoxy) is 2. The van der Waals surface area contributed by atoms with Gasteiger partial charge in [0, 0.05) is 27.9 Å². The van der Waals surface area contributed by atoms with Gasteiger partial charge in [0.25, 0.3) is 0 Å². The van der Waals surface area contributed by atoms with Crippen molar-refractivity contribution in [3.8, 4) is 0 Å². The molecule has 0 aliphatic carbocycles. The van der Waals surface area contributed by atoms with Crippen LogP contribution in [0.5, 0.6) is 0 Å². The molecule has 2 aromatic carbocycles. The van der Waals surface area contributed by atoms with E-state index in [0.717, 1.165) is 10.8 Å². The van der Waals surface area contributed by atoms with Gasteiger partial charge in [-0.3, -0.25) is 19.3 Å². The van der Waals surface area contributed by atoms with Gasteiger partial charge in [-0.25, -0.2) is 10.0 Å². The van der Waals surface area contributed by atoms with E-state index < -0.39 is 33.6 Å². The number of piperidine rings is 1. The van der Waals surface area contributed by atoms with Gasteiger partial charge >= 0.3 is 5.97 Å². The summed E-state index contributed by atoms with van der Waals surface area (Å²) in [6.07, 6.45) is 7.15. The molecule has 2 aromatic rings. The first-order valence-electron chi connectivity index (χ1n) is 14.2. The summed E-state index contributed by atoms with van der Waals surface area (Å²) in [6.45, 7) is 11.5. The lowest BCUT2D eigenvalue weighted by Crippen LogP contribution is -2.56. The average Bonchev–Trinajstić information content (AvgIpc) is 2.88. The Morgan fingerprint density at radius 3 is 2.19 bits per heavy atom. The summed E-state index contributed by atoms with van der Waals surface area (Å²) < 4.78 is 11.4. The monoisotopic (exact) mass is 652 g/mol. The first kappa shape index (κ1) is 36.7. The van der Waals surface area contributed by atoms with Gasteiger partial charge < -0.3 is 14.4 Å². The number of hydrogen-bond donors (Lipinski definition) is 0. The molecule has 1 aliphatic rings. The van der Waals surface area contributed by atoms with Crippen LogP contribution >= 0.6 is 33.2 Å². The summed E-state index contributed by atoms with van der Waals surface area (Å²) >= 11 is 11.8. The number of nitrogens with zero attached hydrogens (tertiary/aromatic N) is 2. The fourth-order valence-corrected chi connectivity index (χ4v) is 5.46. The third-order valence-corrected chi connectivity index (χ3v) is 8.31. The second kappa shape index (κ2) is 16.5. The first-order valence-corrected chi connectivity index (χ1v) is 17.9. The van der Waals surface area contributed by atoms with E-state index in [9.17, 15) is 14.4 Å². The average molecular weight is 654 g/mol. The SMILES string of the molecule is C=C(C)C1C(C(=O)N(COCCS(C)(C)C)c2cccc(Cl)c2)CCC(=O)N1CC(=O)OC(C)(C)C.Clc1ccccc1. The number of rotatable bonds is 10. The summed E-state index contributed by atoms with van der Waals surface area (Å²) in [5.74, 6) is -0.583. The molecule has 0 bridgehead atoms. The van der Waals surface area contributed by atoms with Crippen molar-refractivity contribution in [1.82, 2.24) is 4.90 Å². The van der Waals surface area contributed by atoms with Gasteiger partial charge in [-0.15, -0.1) is 0 Å². The molecule has 1 aliphatic heterocycles. The van der Waals surface area contributed by atoms with E-state index in [1.165, 1.54) is 4.90 Å². The van der Waals surface area contributed by atoms with Crippen molar-refractivity contribution in [3.05, 3.63) is 76.8 Å². The molecule has 1 heterocycles. The van der Waals surface area contributed by atoms with E-state index in [0.29, 0.717) is 29.3 Å². The van der Waals surface area contributed by atoms with E-state index in [4.69, 9.17) is 32.7 Å². The molecule has 2 atom stereocenters. The first-order chi connectivity index (χ1) is 20.0. The van der Waals surface area contributed by atoms with E-state index >= 15 is 0 Å². The van der Waals surface area contributed by atoms with Crippen LogP contribution in [0.3, 0.4) is 0 Å². The molecule has 1 saturated heterocycles. The normalized spacial score (nSPS) is 17.4. The van der Waals surface area contributed by atoms with Crippen LogP contribution in [0.1, 0.15) is 40.5 Å². The highest BCUT2D eigenvalue weighted by molar-refractivity contribution is 8.32. The fraction of sp³-hybridized carbons (Fsp3) is 0.485. The van der Waals surface area contributed by atoms with Crippen LogP contribution in [-0.2, 0) is 23.9 Å². The molecule has 0 N–H and O–H groups in total. The lowest BCUT2D eigenvalue weighted by Gasteiger charge is -2.42. The maximum atomic E-state index is 14.0. The van der Waals surface area contributed by atoms with Gasteiger partial charge in [-0.05, 0) is 83.2 Å². The quantitative estimate of drug-likeness (QED) is 0.117. The third-order valence-electron chi connectivity index (χ3n) is 6.43. The van der Waals surface area contributed by atoms with Crippen LogP contribution in [0.25, 0.3) is 0 Å². The highest BCUT2D eigenvalue weighted by Gasteiger charge is 2.43. The zero-order chi connectivity index (χ0) is 32.4. The van der Waals surface area contributed by atoms with Gasteiger partial charge in [-0.1, -0.05) is 59.6 Å². The fourth-order valence-electron chi connectivity index (χ4n) is 4.51. The molecule has 0 spiro atoms. The van der Waals surface area contributed by atoms with Crippen molar-refractivity contribution < 1.29 is 23.9 Å². The summed E-state index contributed by atoms with van der Waals surface area (Å²) in [7, 11) is -0.741. The lowest BCUT2D eigenvalue weighted by atomic mass is 9.84. The topological polar surface area (TPSA) is 76.2 Å². The van der Waals surface area contributed by atoms with Crippen molar-refractivity contribution >= 4 is 56.7 Å². The molecule has 7 nitrogen and oxygen atoms in total. The Labute approximate surface area is 268 Å². The minimum absolute atomic E-state index is 0.0636. The Kier molecular flexibility index (Phi) is 14.1. The molecule has 2 unspecified atom stereocenters. The zero-order valence-electron chi connectivity index (χ0n) is 26.4. The van der Waals surface area contributed by atoms with Crippen LogP contribution in [0.4, 0.5) is 5.69 Å². The van der Waals surface area contributed by atoms with E-state index in [1.807, 2.05) is 36.4 Å². The Morgan fingerprint density at radius 1 is 1.05 bits per heavy atom. The predicted octanol–water partition coefficient (Wildman–Crippen LogP) is 7.21. The number of carbonyl (C=O) groups is 3. The van der Waals surface area contributed by atoms with Crippen molar-refractivity contribution in [2.24, 2.45) is 5.92 Å². The summed E-state index contributed by atoms with van der Waals surface area (Å²) in [5.41, 5.74) is 0.569. The predicted molar refractivity (Wildman–Crippen MR) is 180 cm³/mol. The summed E-state index contributed by atoms with van der Waals surface area (Å²) in [5, 5.41) is 1.30. The minimum Gasteiger partial charge on any atom is -0.459 e. The molecule has 3 rings (SSSR count). The van der Waals surface area contributed by atoms with E-state index in [1.54, 1.807) is 50.8 Å². The maximum Gasteiger partial charge on any atom is 0.326 e. The molecule has 238 valence electrons. The van der Waals surface area contributed by atoms with Gasteiger partial charge in [0.15, 0.2) is 0 Å². The largest absolute Gasteiger partial charge is 0.459 e. The molecular weight excluding hydrogens is 607 g/mol. The number of amides is 2. The highest BCUT2D eigenvalue weighted by Crippen LogP contribution is 2.34. The maximum absolute atomic E-state index is 14.0. The number of anilines is 1. The number of halogens is 2. The lowest BCUT2D eigenvalue weighted by molar-refractivity contribution is -0.162. The number of carbonyl (C=O) groups excluding carboxylic acids is 3. The molecule has 43 heavy (non-hydrogen) atoms. The molecule has 10 heteroatoms. The Bertz CT molecular complexity index is 1240. The Balaban J connectivity index is 0.000000804.